The molecule has 1 unspecified atom stereocenters. The van der Waals surface area contributed by atoms with Gasteiger partial charge in [-0.1, -0.05) is 0 Å². The average molecular weight is 305 g/mol. The molecule has 22 heavy (non-hydrogen) atoms. The Balaban J connectivity index is 1.83. The maximum atomic E-state index is 10.8. The van der Waals surface area contributed by atoms with Crippen molar-refractivity contribution in [2.45, 2.75) is 31.8 Å². The molecule has 7 heteroatoms. The Labute approximate surface area is 130 Å². The van der Waals surface area contributed by atoms with Crippen LogP contribution >= 0.6 is 0 Å². The smallest absolute Gasteiger partial charge is 0.252 e. The van der Waals surface area contributed by atoms with Crippen molar-refractivity contribution in [1.82, 2.24) is 19.9 Å². The van der Waals surface area contributed by atoms with E-state index in [-0.39, 0.29) is 0 Å². The zero-order valence-electron chi connectivity index (χ0n) is 13.4. The molecule has 0 radical (unpaired) electrons. The van der Waals surface area contributed by atoms with Crippen LogP contribution in [0.3, 0.4) is 0 Å². The van der Waals surface area contributed by atoms with Gasteiger partial charge in [0, 0.05) is 26.6 Å². The van der Waals surface area contributed by atoms with E-state index in [1.807, 2.05) is 25.9 Å². The Kier molecular flexibility index (Phi) is 4.01. The number of fused-ring (bicyclic) bond motifs is 1. The Hall–Kier alpha value is -1.73. The van der Waals surface area contributed by atoms with E-state index in [4.69, 9.17) is 4.42 Å². The van der Waals surface area contributed by atoms with Gasteiger partial charge in [0.2, 0.25) is 0 Å². The highest BCUT2D eigenvalue weighted by Gasteiger charge is 2.31. The third-order valence-corrected chi connectivity index (χ3v) is 4.11. The van der Waals surface area contributed by atoms with Crippen LogP contribution in [0.15, 0.2) is 10.7 Å². The van der Waals surface area contributed by atoms with E-state index in [1.54, 1.807) is 0 Å². The van der Waals surface area contributed by atoms with Crippen LogP contribution < -0.4 is 4.90 Å². The van der Waals surface area contributed by atoms with Crippen LogP contribution in [0, 0.1) is 6.92 Å². The molecule has 2 aromatic rings. The minimum absolute atomic E-state index is 0.523. The first-order valence-corrected chi connectivity index (χ1v) is 7.67. The van der Waals surface area contributed by atoms with E-state index in [0.29, 0.717) is 30.1 Å². The van der Waals surface area contributed by atoms with Gasteiger partial charge in [-0.05, 0) is 33.4 Å². The summed E-state index contributed by atoms with van der Waals surface area (Å²) in [6.45, 7) is 4.10. The molecular weight excluding hydrogens is 282 g/mol. The highest BCUT2D eigenvalue weighted by Crippen LogP contribution is 2.28. The molecule has 3 rings (SSSR count). The normalized spacial score (nSPS) is 23.2. The van der Waals surface area contributed by atoms with Crippen LogP contribution in [0.1, 0.15) is 25.2 Å². The second-order valence-electron chi connectivity index (χ2n) is 6.39. The summed E-state index contributed by atoms with van der Waals surface area (Å²) >= 11 is 0. The lowest BCUT2D eigenvalue weighted by molar-refractivity contribution is 0.00537. The molecule has 120 valence electrons. The molecule has 0 aromatic carbocycles. The summed E-state index contributed by atoms with van der Waals surface area (Å²) in [5.74, 6) is 1.40. The molecular formula is C15H23N5O2. The monoisotopic (exact) mass is 305 g/mol. The van der Waals surface area contributed by atoms with Gasteiger partial charge in [-0.3, -0.25) is 0 Å². The van der Waals surface area contributed by atoms with Gasteiger partial charge in [-0.25, -0.2) is 9.97 Å². The Morgan fingerprint density at radius 3 is 2.91 bits per heavy atom. The van der Waals surface area contributed by atoms with Gasteiger partial charge >= 0.3 is 0 Å². The molecule has 0 spiro atoms. The summed E-state index contributed by atoms with van der Waals surface area (Å²) in [6.07, 6.45) is 3.95. The number of aryl methyl sites for hydroxylation is 1. The van der Waals surface area contributed by atoms with Crippen molar-refractivity contribution in [3.8, 4) is 0 Å². The molecule has 1 fully saturated rings. The van der Waals surface area contributed by atoms with Crippen LogP contribution in [-0.2, 0) is 0 Å². The number of hydrogen-bond acceptors (Lipinski definition) is 7. The number of aliphatic hydroxyl groups is 1. The molecule has 1 aliphatic heterocycles. The van der Waals surface area contributed by atoms with Crippen molar-refractivity contribution in [2.24, 2.45) is 0 Å². The fraction of sp³-hybridized carbons (Fsp3) is 0.667. The van der Waals surface area contributed by atoms with Crippen LogP contribution in [0.25, 0.3) is 11.2 Å². The van der Waals surface area contributed by atoms with Crippen molar-refractivity contribution in [3.05, 3.63) is 12.2 Å². The molecule has 1 saturated heterocycles. The number of oxazole rings is 1. The predicted octanol–water partition coefficient (Wildman–Crippen LogP) is 1.21. The molecule has 3 heterocycles. The summed E-state index contributed by atoms with van der Waals surface area (Å²) in [5.41, 5.74) is 0.595. The molecule has 0 bridgehead atoms. The Bertz CT molecular complexity index is 656. The maximum Gasteiger partial charge on any atom is 0.252 e. The lowest BCUT2D eigenvalue weighted by atomic mass is 9.94. The third kappa shape index (κ3) is 3.05. The third-order valence-electron chi connectivity index (χ3n) is 4.11. The van der Waals surface area contributed by atoms with Gasteiger partial charge in [0.05, 0.1) is 5.60 Å². The first-order valence-electron chi connectivity index (χ1n) is 7.67. The van der Waals surface area contributed by atoms with Crippen LogP contribution in [0.5, 0.6) is 0 Å². The van der Waals surface area contributed by atoms with Gasteiger partial charge in [-0.15, -0.1) is 0 Å². The molecule has 1 N–H and O–H groups in total. The molecule has 1 atom stereocenters. The Morgan fingerprint density at radius 1 is 1.32 bits per heavy atom. The minimum Gasteiger partial charge on any atom is -0.422 e. The molecule has 7 nitrogen and oxygen atoms in total. The van der Waals surface area contributed by atoms with Crippen LogP contribution in [0.4, 0.5) is 5.82 Å². The van der Waals surface area contributed by atoms with E-state index in [1.165, 1.54) is 6.33 Å². The SMILES string of the molecule is Cc1nc2c(N3CCCC(O)(CN(C)C)CC3)ncnc2o1. The van der Waals surface area contributed by atoms with Gasteiger partial charge < -0.3 is 19.3 Å². The highest BCUT2D eigenvalue weighted by atomic mass is 16.4. The summed E-state index contributed by atoms with van der Waals surface area (Å²) < 4.78 is 5.48. The number of nitrogens with zero attached hydrogens (tertiary/aromatic N) is 5. The van der Waals surface area contributed by atoms with Crippen molar-refractivity contribution in [2.75, 3.05) is 38.6 Å². The van der Waals surface area contributed by atoms with E-state index < -0.39 is 5.60 Å². The fourth-order valence-corrected chi connectivity index (χ4v) is 3.22. The summed E-state index contributed by atoms with van der Waals surface area (Å²) in [6, 6.07) is 0. The van der Waals surface area contributed by atoms with Gasteiger partial charge in [0.15, 0.2) is 17.2 Å². The largest absolute Gasteiger partial charge is 0.422 e. The zero-order chi connectivity index (χ0) is 15.7. The molecule has 0 amide bonds. The second-order valence-corrected chi connectivity index (χ2v) is 6.39. The standard InChI is InChI=1S/C15H23N5O2/c1-11-18-12-13(16-10-17-14(12)22-11)20-7-4-5-15(21,6-8-20)9-19(2)3/h10,21H,4-9H2,1-3H3. The van der Waals surface area contributed by atoms with Crippen LogP contribution in [-0.4, -0.2) is 64.3 Å². The number of rotatable bonds is 3. The van der Waals surface area contributed by atoms with Crippen molar-refractivity contribution >= 4 is 17.0 Å². The lowest BCUT2D eigenvalue weighted by Gasteiger charge is -2.30. The quantitative estimate of drug-likeness (QED) is 0.913. The van der Waals surface area contributed by atoms with Crippen LogP contribution in [0.2, 0.25) is 0 Å². The first kappa shape index (κ1) is 15.2. The minimum atomic E-state index is -0.635. The molecule has 1 aliphatic rings. The summed E-state index contributed by atoms with van der Waals surface area (Å²) in [5, 5.41) is 10.8. The van der Waals surface area contributed by atoms with Gasteiger partial charge in [0.1, 0.15) is 6.33 Å². The van der Waals surface area contributed by atoms with E-state index in [0.717, 1.165) is 31.7 Å². The topological polar surface area (TPSA) is 78.5 Å². The highest BCUT2D eigenvalue weighted by molar-refractivity contribution is 5.81. The van der Waals surface area contributed by atoms with Gasteiger partial charge in [-0.2, -0.15) is 4.98 Å². The average Bonchev–Trinajstić information content (AvgIpc) is 2.71. The lowest BCUT2D eigenvalue weighted by Crippen LogP contribution is -2.41. The van der Waals surface area contributed by atoms with E-state index >= 15 is 0 Å². The van der Waals surface area contributed by atoms with Crippen molar-refractivity contribution in [1.29, 1.82) is 0 Å². The predicted molar refractivity (Wildman–Crippen MR) is 83.9 cm³/mol. The zero-order valence-corrected chi connectivity index (χ0v) is 13.4. The summed E-state index contributed by atoms with van der Waals surface area (Å²) in [7, 11) is 3.99. The Morgan fingerprint density at radius 2 is 2.14 bits per heavy atom. The number of hydrogen-bond donors (Lipinski definition) is 1. The van der Waals surface area contributed by atoms with Crippen molar-refractivity contribution in [3.63, 3.8) is 0 Å². The molecule has 2 aromatic heterocycles. The van der Waals surface area contributed by atoms with Crippen molar-refractivity contribution < 1.29 is 9.52 Å². The second kappa shape index (κ2) is 5.81. The fourth-order valence-electron chi connectivity index (χ4n) is 3.22. The molecule has 0 aliphatic carbocycles. The first-order chi connectivity index (χ1) is 10.5. The van der Waals surface area contributed by atoms with Gasteiger partial charge in [0.25, 0.3) is 5.71 Å². The van der Waals surface area contributed by atoms with E-state index in [9.17, 15) is 5.11 Å². The number of anilines is 1. The number of likely N-dealkylation sites (N-methyl/N-ethyl adjacent to an activating group) is 1. The summed E-state index contributed by atoms with van der Waals surface area (Å²) in [4.78, 5) is 17.1. The molecule has 0 saturated carbocycles. The number of aromatic nitrogens is 3. The maximum absolute atomic E-state index is 10.8. The van der Waals surface area contributed by atoms with E-state index in [2.05, 4.69) is 19.9 Å².